The monoisotopic (exact) mass is 254 g/mol. The van der Waals surface area contributed by atoms with Crippen molar-refractivity contribution in [3.63, 3.8) is 0 Å². The van der Waals surface area contributed by atoms with E-state index in [1.165, 1.54) is 51.6 Å². The minimum Gasteiger partial charge on any atom is -0.396 e. The molecule has 2 N–H and O–H groups in total. The summed E-state index contributed by atoms with van der Waals surface area (Å²) in [6, 6.07) is 1.46. The van der Waals surface area contributed by atoms with Gasteiger partial charge in [0.1, 0.15) is 0 Å². The van der Waals surface area contributed by atoms with Gasteiger partial charge in [-0.05, 0) is 38.1 Å². The van der Waals surface area contributed by atoms with Crippen molar-refractivity contribution in [2.75, 3.05) is 26.2 Å². The molecule has 106 valence electrons. The number of hydrogen-bond acceptors (Lipinski definition) is 3. The quantitative estimate of drug-likeness (QED) is 0.788. The van der Waals surface area contributed by atoms with Crippen molar-refractivity contribution in [3.8, 4) is 0 Å². The first-order valence-corrected chi connectivity index (χ1v) is 7.91. The first-order chi connectivity index (χ1) is 8.83. The Kier molecular flexibility index (Phi) is 5.93. The number of rotatable bonds is 5. The molecule has 1 saturated carbocycles. The number of nitrogens with one attached hydrogen (secondary N) is 1. The summed E-state index contributed by atoms with van der Waals surface area (Å²) in [7, 11) is 0. The van der Waals surface area contributed by atoms with Crippen LogP contribution in [0, 0.1) is 5.92 Å². The summed E-state index contributed by atoms with van der Waals surface area (Å²) in [6.07, 6.45) is 9.27. The summed E-state index contributed by atoms with van der Waals surface area (Å²) < 4.78 is 0. The second-order valence-corrected chi connectivity index (χ2v) is 6.11. The highest BCUT2D eigenvalue weighted by Crippen LogP contribution is 2.28. The average molecular weight is 254 g/mol. The zero-order valence-corrected chi connectivity index (χ0v) is 11.9. The first kappa shape index (κ1) is 14.3. The fourth-order valence-electron chi connectivity index (χ4n) is 3.81. The summed E-state index contributed by atoms with van der Waals surface area (Å²) in [5.41, 5.74) is 0. The molecule has 2 aliphatic rings. The van der Waals surface area contributed by atoms with E-state index in [1.807, 2.05) is 0 Å². The molecule has 2 atom stereocenters. The van der Waals surface area contributed by atoms with Gasteiger partial charge in [0.2, 0.25) is 0 Å². The standard InChI is InChI=1S/C15H30N2O/c1-2-16-14-10-13(8-9-18)11-17(12-14)15-6-4-3-5-7-15/h13-16,18H,2-12H2,1H3. The molecule has 0 aromatic heterocycles. The van der Waals surface area contributed by atoms with Gasteiger partial charge >= 0.3 is 0 Å². The minimum absolute atomic E-state index is 0.349. The SMILES string of the molecule is CCNC1CC(CCO)CN(C2CCCCC2)C1. The Morgan fingerprint density at radius 3 is 2.61 bits per heavy atom. The molecule has 2 fully saturated rings. The van der Waals surface area contributed by atoms with Gasteiger partial charge in [-0.15, -0.1) is 0 Å². The highest BCUT2D eigenvalue weighted by atomic mass is 16.3. The fraction of sp³-hybridized carbons (Fsp3) is 1.00. The molecule has 2 unspecified atom stereocenters. The maximum absolute atomic E-state index is 9.19. The third-order valence-corrected chi connectivity index (χ3v) is 4.69. The maximum Gasteiger partial charge on any atom is 0.0434 e. The summed E-state index contributed by atoms with van der Waals surface area (Å²) >= 11 is 0. The lowest BCUT2D eigenvalue weighted by Gasteiger charge is -2.43. The van der Waals surface area contributed by atoms with Crippen LogP contribution in [0.2, 0.25) is 0 Å². The van der Waals surface area contributed by atoms with E-state index in [1.54, 1.807) is 0 Å². The van der Waals surface area contributed by atoms with E-state index in [-0.39, 0.29) is 0 Å². The second kappa shape index (κ2) is 7.46. The normalized spacial score (nSPS) is 31.7. The van der Waals surface area contributed by atoms with Crippen molar-refractivity contribution in [1.82, 2.24) is 10.2 Å². The Morgan fingerprint density at radius 1 is 1.17 bits per heavy atom. The summed E-state index contributed by atoms with van der Waals surface area (Å²) in [4.78, 5) is 2.72. The second-order valence-electron chi connectivity index (χ2n) is 6.11. The van der Waals surface area contributed by atoms with E-state index in [9.17, 15) is 5.11 Å². The van der Waals surface area contributed by atoms with Crippen LogP contribution in [-0.4, -0.2) is 48.3 Å². The highest BCUT2D eigenvalue weighted by molar-refractivity contribution is 4.87. The van der Waals surface area contributed by atoms with Gasteiger partial charge in [0.05, 0.1) is 0 Å². The zero-order chi connectivity index (χ0) is 12.8. The van der Waals surface area contributed by atoms with Crippen molar-refractivity contribution in [2.45, 2.75) is 64.0 Å². The van der Waals surface area contributed by atoms with Gasteiger partial charge in [0.25, 0.3) is 0 Å². The molecular formula is C15H30N2O. The number of likely N-dealkylation sites (N-methyl/N-ethyl adjacent to an activating group) is 1. The molecule has 0 radical (unpaired) electrons. The van der Waals surface area contributed by atoms with Crippen molar-refractivity contribution in [1.29, 1.82) is 0 Å². The molecule has 1 aliphatic heterocycles. The topological polar surface area (TPSA) is 35.5 Å². The lowest BCUT2D eigenvalue weighted by Crippen LogP contribution is -2.53. The van der Waals surface area contributed by atoms with Crippen LogP contribution in [-0.2, 0) is 0 Å². The van der Waals surface area contributed by atoms with Crippen LogP contribution >= 0.6 is 0 Å². The average Bonchev–Trinajstić information content (AvgIpc) is 2.40. The lowest BCUT2D eigenvalue weighted by atomic mass is 9.87. The summed E-state index contributed by atoms with van der Waals surface area (Å²) in [5.74, 6) is 0.690. The molecule has 1 aliphatic carbocycles. The van der Waals surface area contributed by atoms with Crippen LogP contribution in [0.15, 0.2) is 0 Å². The van der Waals surface area contributed by atoms with E-state index in [0.29, 0.717) is 18.6 Å². The molecule has 0 aromatic carbocycles. The molecule has 18 heavy (non-hydrogen) atoms. The Morgan fingerprint density at radius 2 is 1.94 bits per heavy atom. The van der Waals surface area contributed by atoms with E-state index >= 15 is 0 Å². The number of hydrogen-bond donors (Lipinski definition) is 2. The number of nitrogens with zero attached hydrogens (tertiary/aromatic N) is 1. The van der Waals surface area contributed by atoms with Gasteiger partial charge in [0, 0.05) is 31.8 Å². The van der Waals surface area contributed by atoms with Crippen LogP contribution in [0.4, 0.5) is 0 Å². The van der Waals surface area contributed by atoms with Gasteiger partial charge in [-0.1, -0.05) is 26.2 Å². The lowest BCUT2D eigenvalue weighted by molar-refractivity contribution is 0.0683. The molecule has 2 rings (SSSR count). The van der Waals surface area contributed by atoms with Crippen molar-refractivity contribution in [2.24, 2.45) is 5.92 Å². The maximum atomic E-state index is 9.19. The Balaban J connectivity index is 1.90. The van der Waals surface area contributed by atoms with Crippen LogP contribution in [0.5, 0.6) is 0 Å². The number of piperidine rings is 1. The molecule has 0 aromatic rings. The Labute approximate surface area is 112 Å². The Hall–Kier alpha value is -0.120. The number of likely N-dealkylation sites (tertiary alicyclic amines) is 1. The molecule has 0 amide bonds. The summed E-state index contributed by atoms with van der Waals surface area (Å²) in [5, 5.41) is 12.8. The Bertz CT molecular complexity index is 215. The van der Waals surface area contributed by atoms with Gasteiger partial charge in [-0.3, -0.25) is 4.90 Å². The molecule has 0 bridgehead atoms. The van der Waals surface area contributed by atoms with Crippen LogP contribution in [0.3, 0.4) is 0 Å². The zero-order valence-electron chi connectivity index (χ0n) is 11.9. The minimum atomic E-state index is 0.349. The largest absolute Gasteiger partial charge is 0.396 e. The molecule has 1 heterocycles. The van der Waals surface area contributed by atoms with E-state index < -0.39 is 0 Å². The van der Waals surface area contributed by atoms with Gasteiger partial charge < -0.3 is 10.4 Å². The molecule has 0 spiro atoms. The van der Waals surface area contributed by atoms with E-state index in [4.69, 9.17) is 0 Å². The van der Waals surface area contributed by atoms with Crippen LogP contribution in [0.1, 0.15) is 51.9 Å². The molecule has 3 heteroatoms. The molecule has 3 nitrogen and oxygen atoms in total. The van der Waals surface area contributed by atoms with E-state index in [2.05, 4.69) is 17.1 Å². The number of aliphatic hydroxyl groups excluding tert-OH is 1. The van der Waals surface area contributed by atoms with Crippen LogP contribution < -0.4 is 5.32 Å². The van der Waals surface area contributed by atoms with Crippen molar-refractivity contribution < 1.29 is 5.11 Å². The number of aliphatic hydroxyl groups is 1. The predicted molar refractivity (Wildman–Crippen MR) is 75.7 cm³/mol. The molecular weight excluding hydrogens is 224 g/mol. The summed E-state index contributed by atoms with van der Waals surface area (Å²) in [6.45, 7) is 6.05. The third-order valence-electron chi connectivity index (χ3n) is 4.69. The first-order valence-electron chi connectivity index (χ1n) is 7.91. The van der Waals surface area contributed by atoms with Crippen molar-refractivity contribution >= 4 is 0 Å². The van der Waals surface area contributed by atoms with Gasteiger partial charge in [-0.25, -0.2) is 0 Å². The highest BCUT2D eigenvalue weighted by Gasteiger charge is 2.31. The third kappa shape index (κ3) is 3.94. The van der Waals surface area contributed by atoms with E-state index in [0.717, 1.165) is 19.0 Å². The smallest absolute Gasteiger partial charge is 0.0434 e. The van der Waals surface area contributed by atoms with Gasteiger partial charge in [-0.2, -0.15) is 0 Å². The predicted octanol–water partition coefficient (Wildman–Crippen LogP) is 2.00. The fourth-order valence-corrected chi connectivity index (χ4v) is 3.81. The molecule has 1 saturated heterocycles. The van der Waals surface area contributed by atoms with Crippen LogP contribution in [0.25, 0.3) is 0 Å². The van der Waals surface area contributed by atoms with Gasteiger partial charge in [0.15, 0.2) is 0 Å². The van der Waals surface area contributed by atoms with Crippen molar-refractivity contribution in [3.05, 3.63) is 0 Å².